The Morgan fingerprint density at radius 1 is 1.35 bits per heavy atom. The summed E-state index contributed by atoms with van der Waals surface area (Å²) < 4.78 is 17.1. The van der Waals surface area contributed by atoms with E-state index in [-0.39, 0.29) is 17.6 Å². The van der Waals surface area contributed by atoms with Gasteiger partial charge in [-0.05, 0) is 50.4 Å². The Morgan fingerprint density at radius 2 is 2.15 bits per heavy atom. The van der Waals surface area contributed by atoms with Crippen molar-refractivity contribution in [3.05, 3.63) is 23.8 Å². The monoisotopic (exact) mass is 362 g/mol. The zero-order chi connectivity index (χ0) is 18.4. The lowest BCUT2D eigenvalue weighted by atomic mass is 9.82. The zero-order valence-electron chi connectivity index (χ0n) is 15.6. The molecule has 1 saturated heterocycles. The molecule has 6 nitrogen and oxygen atoms in total. The smallest absolute Gasteiger partial charge is 0.255 e. The fraction of sp³-hybridized carbons (Fsp3) is 0.650. The standard InChI is InChI=1S/C20H30N2O4/c1-24-16-6-7-18(25-11-5-10-21)17(12-16)19(23)22-15-13-20(26-14-15)8-3-2-4-9-20/h6-7,12,15H,2-5,8-11,13-14,21H2,1H3,(H,22,23)/t15-/m1/s1. The highest BCUT2D eigenvalue weighted by Crippen LogP contribution is 2.39. The first-order valence-corrected chi connectivity index (χ1v) is 9.61. The molecule has 0 radical (unpaired) electrons. The van der Waals surface area contributed by atoms with Crippen LogP contribution in [0.2, 0.25) is 0 Å². The second-order valence-electron chi connectivity index (χ2n) is 7.28. The molecule has 2 aliphatic rings. The molecular weight excluding hydrogens is 332 g/mol. The van der Waals surface area contributed by atoms with Crippen molar-refractivity contribution in [1.29, 1.82) is 0 Å². The predicted octanol–water partition coefficient (Wildman–Crippen LogP) is 2.64. The largest absolute Gasteiger partial charge is 0.497 e. The number of nitrogens with one attached hydrogen (secondary N) is 1. The van der Waals surface area contributed by atoms with Gasteiger partial charge in [0.15, 0.2) is 0 Å². The van der Waals surface area contributed by atoms with E-state index >= 15 is 0 Å². The molecule has 0 unspecified atom stereocenters. The van der Waals surface area contributed by atoms with E-state index in [1.807, 2.05) is 0 Å². The minimum Gasteiger partial charge on any atom is -0.497 e. The summed E-state index contributed by atoms with van der Waals surface area (Å²) in [6.07, 6.45) is 7.57. The summed E-state index contributed by atoms with van der Waals surface area (Å²) >= 11 is 0. The summed E-state index contributed by atoms with van der Waals surface area (Å²) in [5, 5.41) is 3.12. The topological polar surface area (TPSA) is 82.8 Å². The van der Waals surface area contributed by atoms with Crippen LogP contribution in [0.1, 0.15) is 55.3 Å². The molecule has 0 aromatic heterocycles. The van der Waals surface area contributed by atoms with Crippen molar-refractivity contribution in [2.24, 2.45) is 5.73 Å². The van der Waals surface area contributed by atoms with E-state index in [2.05, 4.69) is 5.32 Å². The zero-order valence-corrected chi connectivity index (χ0v) is 15.6. The van der Waals surface area contributed by atoms with Crippen LogP contribution in [-0.4, -0.2) is 44.4 Å². The van der Waals surface area contributed by atoms with Crippen molar-refractivity contribution in [3.8, 4) is 11.5 Å². The molecular formula is C20H30N2O4. The molecule has 3 rings (SSSR count). The van der Waals surface area contributed by atoms with Crippen LogP contribution in [0.25, 0.3) is 0 Å². The first-order chi connectivity index (χ1) is 12.7. The Hall–Kier alpha value is -1.79. The van der Waals surface area contributed by atoms with Crippen LogP contribution in [0.4, 0.5) is 0 Å². The van der Waals surface area contributed by atoms with Gasteiger partial charge in [0.25, 0.3) is 5.91 Å². The predicted molar refractivity (Wildman–Crippen MR) is 99.8 cm³/mol. The SMILES string of the molecule is COc1ccc(OCCCN)c(C(=O)N[C@H]2COC3(CCCCC3)C2)c1. The summed E-state index contributed by atoms with van der Waals surface area (Å²) in [4.78, 5) is 12.9. The van der Waals surface area contributed by atoms with Gasteiger partial charge in [-0.15, -0.1) is 0 Å². The number of amides is 1. The number of hydrogen-bond donors (Lipinski definition) is 2. The number of ether oxygens (including phenoxy) is 3. The van der Waals surface area contributed by atoms with Crippen molar-refractivity contribution in [3.63, 3.8) is 0 Å². The first-order valence-electron chi connectivity index (χ1n) is 9.61. The number of nitrogens with two attached hydrogens (primary N) is 1. The van der Waals surface area contributed by atoms with Crippen LogP contribution >= 0.6 is 0 Å². The number of carbonyl (C=O) groups is 1. The molecule has 1 aliphatic heterocycles. The van der Waals surface area contributed by atoms with Crippen LogP contribution in [0.5, 0.6) is 11.5 Å². The third-order valence-corrected chi connectivity index (χ3v) is 5.35. The van der Waals surface area contributed by atoms with E-state index in [1.54, 1.807) is 25.3 Å². The molecule has 1 aromatic rings. The minimum atomic E-state index is -0.145. The highest BCUT2D eigenvalue weighted by Gasteiger charge is 2.41. The van der Waals surface area contributed by atoms with Crippen molar-refractivity contribution >= 4 is 5.91 Å². The van der Waals surface area contributed by atoms with Gasteiger partial charge in [-0.1, -0.05) is 19.3 Å². The molecule has 0 bridgehead atoms. The highest BCUT2D eigenvalue weighted by molar-refractivity contribution is 5.97. The van der Waals surface area contributed by atoms with Crippen LogP contribution in [0, 0.1) is 0 Å². The lowest BCUT2D eigenvalue weighted by Gasteiger charge is -2.32. The van der Waals surface area contributed by atoms with Crippen LogP contribution in [0.15, 0.2) is 18.2 Å². The Labute approximate surface area is 155 Å². The average molecular weight is 362 g/mol. The fourth-order valence-electron chi connectivity index (χ4n) is 3.95. The maximum absolute atomic E-state index is 12.9. The second kappa shape index (κ2) is 8.73. The lowest BCUT2D eigenvalue weighted by molar-refractivity contribution is -0.0246. The van der Waals surface area contributed by atoms with E-state index in [9.17, 15) is 4.79 Å². The van der Waals surface area contributed by atoms with Gasteiger partial charge in [-0.25, -0.2) is 0 Å². The summed E-state index contributed by atoms with van der Waals surface area (Å²) in [6.45, 7) is 1.62. The first kappa shape index (κ1) is 19.0. The van der Waals surface area contributed by atoms with Gasteiger partial charge >= 0.3 is 0 Å². The van der Waals surface area contributed by atoms with Gasteiger partial charge in [-0.3, -0.25) is 4.79 Å². The number of benzene rings is 1. The van der Waals surface area contributed by atoms with E-state index < -0.39 is 0 Å². The second-order valence-corrected chi connectivity index (χ2v) is 7.28. The molecule has 6 heteroatoms. The summed E-state index contributed by atoms with van der Waals surface area (Å²) in [5.74, 6) is 1.05. The third kappa shape index (κ3) is 4.48. The number of carbonyl (C=O) groups excluding carboxylic acids is 1. The van der Waals surface area contributed by atoms with Crippen molar-refractivity contribution in [2.45, 2.75) is 56.6 Å². The van der Waals surface area contributed by atoms with E-state index in [1.165, 1.54) is 19.3 Å². The molecule has 2 fully saturated rings. The Morgan fingerprint density at radius 3 is 2.88 bits per heavy atom. The van der Waals surface area contributed by atoms with Gasteiger partial charge in [0.05, 0.1) is 37.5 Å². The molecule has 1 aliphatic carbocycles. The molecule has 1 aromatic carbocycles. The molecule has 3 N–H and O–H groups in total. The van der Waals surface area contributed by atoms with E-state index in [4.69, 9.17) is 19.9 Å². The van der Waals surface area contributed by atoms with Gasteiger partial charge in [0.2, 0.25) is 0 Å². The lowest BCUT2D eigenvalue weighted by Crippen LogP contribution is -2.37. The number of rotatable bonds is 7. The van der Waals surface area contributed by atoms with Gasteiger partial charge in [0.1, 0.15) is 11.5 Å². The van der Waals surface area contributed by atoms with E-state index in [0.29, 0.717) is 36.8 Å². The van der Waals surface area contributed by atoms with Gasteiger partial charge in [-0.2, -0.15) is 0 Å². The maximum Gasteiger partial charge on any atom is 0.255 e. The number of methoxy groups -OCH3 is 1. The van der Waals surface area contributed by atoms with Crippen LogP contribution in [0.3, 0.4) is 0 Å². The molecule has 26 heavy (non-hydrogen) atoms. The third-order valence-electron chi connectivity index (χ3n) is 5.35. The molecule has 1 heterocycles. The molecule has 1 atom stereocenters. The average Bonchev–Trinajstić information content (AvgIpc) is 3.04. The molecule has 1 saturated carbocycles. The summed E-state index contributed by atoms with van der Waals surface area (Å²) in [6, 6.07) is 5.34. The Kier molecular flexibility index (Phi) is 6.38. The highest BCUT2D eigenvalue weighted by atomic mass is 16.5. The molecule has 144 valence electrons. The van der Waals surface area contributed by atoms with Crippen LogP contribution in [-0.2, 0) is 4.74 Å². The normalized spacial score (nSPS) is 21.5. The van der Waals surface area contributed by atoms with Crippen molar-refractivity contribution in [2.75, 3.05) is 26.9 Å². The van der Waals surface area contributed by atoms with Gasteiger partial charge in [0, 0.05) is 0 Å². The van der Waals surface area contributed by atoms with Crippen LogP contribution < -0.4 is 20.5 Å². The quantitative estimate of drug-likeness (QED) is 0.729. The fourth-order valence-corrected chi connectivity index (χ4v) is 3.95. The minimum absolute atomic E-state index is 0.0228. The molecule has 1 amide bonds. The molecule has 1 spiro atoms. The summed E-state index contributed by atoms with van der Waals surface area (Å²) in [5.41, 5.74) is 5.99. The van der Waals surface area contributed by atoms with Crippen molar-refractivity contribution < 1.29 is 19.0 Å². The van der Waals surface area contributed by atoms with Gasteiger partial charge < -0.3 is 25.3 Å². The van der Waals surface area contributed by atoms with E-state index in [0.717, 1.165) is 25.7 Å². The van der Waals surface area contributed by atoms with Crippen molar-refractivity contribution in [1.82, 2.24) is 5.32 Å². The number of hydrogen-bond acceptors (Lipinski definition) is 5. The Bertz CT molecular complexity index is 614. The Balaban J connectivity index is 1.66. The summed E-state index contributed by atoms with van der Waals surface area (Å²) in [7, 11) is 1.59. The maximum atomic E-state index is 12.9.